The number of benzene rings is 2. The Kier molecular flexibility index (Phi) is 4.68. The summed E-state index contributed by atoms with van der Waals surface area (Å²) in [5.74, 6) is 0.0755. The topological polar surface area (TPSA) is 78.9 Å². The molecular weight excluding hydrogens is 372 g/mol. The zero-order valence-corrected chi connectivity index (χ0v) is 16.1. The Morgan fingerprint density at radius 3 is 2.45 bits per heavy atom. The maximum Gasteiger partial charge on any atom is 0.343 e. The Morgan fingerprint density at radius 1 is 1.03 bits per heavy atom. The number of rotatable bonds is 4. The van der Waals surface area contributed by atoms with E-state index in [0.29, 0.717) is 22.5 Å². The summed E-state index contributed by atoms with van der Waals surface area (Å²) in [7, 11) is 1.53. The lowest BCUT2D eigenvalue weighted by molar-refractivity contribution is 0.0731. The van der Waals surface area contributed by atoms with Gasteiger partial charge in [-0.15, -0.1) is 0 Å². The Labute approximate surface area is 166 Å². The van der Waals surface area contributed by atoms with E-state index in [1.165, 1.54) is 13.4 Å². The van der Waals surface area contributed by atoms with Crippen LogP contribution >= 0.6 is 0 Å². The molecule has 6 heteroatoms. The first kappa shape index (κ1) is 18.6. The molecule has 2 heterocycles. The van der Waals surface area contributed by atoms with Gasteiger partial charge in [-0.1, -0.05) is 6.07 Å². The number of aryl methyl sites for hydroxylation is 2. The van der Waals surface area contributed by atoms with Crippen LogP contribution in [0.3, 0.4) is 0 Å². The average Bonchev–Trinajstić information content (AvgIpc) is 3.25. The largest absolute Gasteiger partial charge is 0.497 e. The molecule has 0 aliphatic rings. The van der Waals surface area contributed by atoms with Gasteiger partial charge in [-0.2, -0.15) is 0 Å². The average molecular weight is 390 g/mol. The van der Waals surface area contributed by atoms with E-state index in [0.717, 1.165) is 11.1 Å². The second-order valence-electron chi connectivity index (χ2n) is 6.64. The highest BCUT2D eigenvalue weighted by Crippen LogP contribution is 2.33. The van der Waals surface area contributed by atoms with Crippen LogP contribution in [-0.4, -0.2) is 13.1 Å². The minimum atomic E-state index is -0.684. The van der Waals surface area contributed by atoms with Crippen molar-refractivity contribution in [1.29, 1.82) is 0 Å². The van der Waals surface area contributed by atoms with E-state index in [4.69, 9.17) is 18.3 Å². The van der Waals surface area contributed by atoms with Gasteiger partial charge in [0.1, 0.15) is 11.3 Å². The van der Waals surface area contributed by atoms with Crippen LogP contribution in [0, 0.1) is 13.8 Å². The van der Waals surface area contributed by atoms with E-state index in [-0.39, 0.29) is 17.1 Å². The number of hydrogen-bond donors (Lipinski definition) is 0. The van der Waals surface area contributed by atoms with Crippen LogP contribution in [0.25, 0.3) is 22.5 Å². The quantitative estimate of drug-likeness (QED) is 0.461. The summed E-state index contributed by atoms with van der Waals surface area (Å²) in [5.41, 5.74) is 1.97. The zero-order valence-electron chi connectivity index (χ0n) is 16.1. The monoisotopic (exact) mass is 390 g/mol. The number of methoxy groups -OCH3 is 1. The molecule has 0 aliphatic carbocycles. The fourth-order valence-corrected chi connectivity index (χ4v) is 3.17. The van der Waals surface area contributed by atoms with Gasteiger partial charge in [-0.3, -0.25) is 4.79 Å². The first-order chi connectivity index (χ1) is 14.0. The van der Waals surface area contributed by atoms with Gasteiger partial charge in [0, 0.05) is 0 Å². The number of hydrogen-bond acceptors (Lipinski definition) is 6. The van der Waals surface area contributed by atoms with E-state index < -0.39 is 11.4 Å². The number of ether oxygens (including phenoxy) is 2. The molecule has 4 rings (SSSR count). The third kappa shape index (κ3) is 3.40. The molecule has 0 aliphatic heterocycles. The number of carbonyl (C=O) groups excluding carboxylic acids is 1. The van der Waals surface area contributed by atoms with E-state index in [1.807, 2.05) is 19.9 Å². The maximum absolute atomic E-state index is 13.2. The minimum Gasteiger partial charge on any atom is -0.497 e. The van der Waals surface area contributed by atoms with Crippen molar-refractivity contribution in [2.24, 2.45) is 0 Å². The predicted molar refractivity (Wildman–Crippen MR) is 108 cm³/mol. The SMILES string of the molecule is COc1ccc(C(=O)Oc2c(-c3ccco3)oc3c(C)cc(C)cc3c2=O)cc1. The summed E-state index contributed by atoms with van der Waals surface area (Å²) >= 11 is 0. The maximum atomic E-state index is 13.2. The standard InChI is InChI=1S/C23H18O6/c1-13-11-14(2)20-17(12-13)19(24)22(21(28-20)18-5-4-10-27-18)29-23(25)15-6-8-16(26-3)9-7-15/h4-12H,1-3H3. The van der Waals surface area contributed by atoms with Gasteiger partial charge in [0.2, 0.25) is 16.9 Å². The molecule has 2 aromatic carbocycles. The molecule has 2 aromatic heterocycles. The van der Waals surface area contributed by atoms with Gasteiger partial charge in [0.25, 0.3) is 0 Å². The van der Waals surface area contributed by atoms with Crippen molar-refractivity contribution < 1.29 is 23.1 Å². The number of carbonyl (C=O) groups is 1. The Hall–Kier alpha value is -3.80. The van der Waals surface area contributed by atoms with Crippen LogP contribution in [0.1, 0.15) is 21.5 Å². The van der Waals surface area contributed by atoms with Gasteiger partial charge < -0.3 is 18.3 Å². The molecule has 0 N–H and O–H groups in total. The van der Waals surface area contributed by atoms with Gasteiger partial charge >= 0.3 is 5.97 Å². The Morgan fingerprint density at radius 2 is 1.79 bits per heavy atom. The van der Waals surface area contributed by atoms with E-state index in [2.05, 4.69) is 0 Å². The fraction of sp³-hybridized carbons (Fsp3) is 0.130. The molecule has 0 radical (unpaired) electrons. The highest BCUT2D eigenvalue weighted by atomic mass is 16.5. The van der Waals surface area contributed by atoms with E-state index in [1.54, 1.807) is 42.5 Å². The predicted octanol–water partition coefficient (Wildman–Crippen LogP) is 4.90. The normalized spacial score (nSPS) is 10.9. The van der Waals surface area contributed by atoms with Crippen LogP contribution in [0.4, 0.5) is 0 Å². The summed E-state index contributed by atoms with van der Waals surface area (Å²) < 4.78 is 22.0. The van der Waals surface area contributed by atoms with E-state index in [9.17, 15) is 9.59 Å². The lowest BCUT2D eigenvalue weighted by atomic mass is 10.1. The highest BCUT2D eigenvalue weighted by molar-refractivity contribution is 5.93. The Balaban J connectivity index is 1.87. The van der Waals surface area contributed by atoms with Crippen molar-refractivity contribution in [3.05, 3.63) is 81.7 Å². The molecule has 6 nitrogen and oxygen atoms in total. The van der Waals surface area contributed by atoms with Gasteiger partial charge in [-0.25, -0.2) is 4.79 Å². The van der Waals surface area contributed by atoms with Crippen LogP contribution < -0.4 is 14.9 Å². The number of fused-ring (bicyclic) bond motifs is 1. The molecule has 0 amide bonds. The number of furan rings is 1. The molecule has 29 heavy (non-hydrogen) atoms. The molecule has 0 saturated heterocycles. The molecule has 146 valence electrons. The first-order valence-corrected chi connectivity index (χ1v) is 8.96. The van der Waals surface area contributed by atoms with Gasteiger partial charge in [0.05, 0.1) is 24.3 Å². The third-order valence-corrected chi connectivity index (χ3v) is 4.55. The van der Waals surface area contributed by atoms with Gasteiger partial charge in [-0.05, 0) is 67.4 Å². The van der Waals surface area contributed by atoms with Gasteiger partial charge in [0.15, 0.2) is 5.76 Å². The summed E-state index contributed by atoms with van der Waals surface area (Å²) in [6, 6.07) is 13.3. The molecule has 0 atom stereocenters. The Bertz CT molecular complexity index is 1250. The molecule has 0 fully saturated rings. The van der Waals surface area contributed by atoms with Crippen molar-refractivity contribution in [3.63, 3.8) is 0 Å². The molecule has 0 unspecified atom stereocenters. The van der Waals surface area contributed by atoms with Crippen LogP contribution in [0.5, 0.6) is 11.5 Å². The first-order valence-electron chi connectivity index (χ1n) is 8.96. The van der Waals surface area contributed by atoms with Crippen molar-refractivity contribution >= 4 is 16.9 Å². The van der Waals surface area contributed by atoms with Crippen LogP contribution in [-0.2, 0) is 0 Å². The van der Waals surface area contributed by atoms with Crippen molar-refractivity contribution in [3.8, 4) is 23.0 Å². The highest BCUT2D eigenvalue weighted by Gasteiger charge is 2.23. The molecule has 0 spiro atoms. The smallest absolute Gasteiger partial charge is 0.343 e. The second kappa shape index (κ2) is 7.31. The van der Waals surface area contributed by atoms with E-state index >= 15 is 0 Å². The third-order valence-electron chi connectivity index (χ3n) is 4.55. The lowest BCUT2D eigenvalue weighted by Crippen LogP contribution is -2.16. The fourth-order valence-electron chi connectivity index (χ4n) is 3.17. The summed E-state index contributed by atoms with van der Waals surface area (Å²) in [4.78, 5) is 25.9. The summed E-state index contributed by atoms with van der Waals surface area (Å²) in [5, 5.41) is 0.343. The van der Waals surface area contributed by atoms with Crippen molar-refractivity contribution in [2.45, 2.75) is 13.8 Å². The lowest BCUT2D eigenvalue weighted by Gasteiger charge is -2.11. The summed E-state index contributed by atoms with van der Waals surface area (Å²) in [6.07, 6.45) is 1.45. The summed E-state index contributed by atoms with van der Waals surface area (Å²) in [6.45, 7) is 3.74. The number of esters is 1. The van der Waals surface area contributed by atoms with Crippen LogP contribution in [0.2, 0.25) is 0 Å². The molecule has 0 saturated carbocycles. The molecule has 4 aromatic rings. The van der Waals surface area contributed by atoms with Crippen molar-refractivity contribution in [2.75, 3.05) is 7.11 Å². The molecular formula is C23H18O6. The van der Waals surface area contributed by atoms with Crippen LogP contribution in [0.15, 0.2) is 68.4 Å². The van der Waals surface area contributed by atoms with Crippen molar-refractivity contribution in [1.82, 2.24) is 0 Å². The molecule has 0 bridgehead atoms. The second-order valence-corrected chi connectivity index (χ2v) is 6.64. The zero-order chi connectivity index (χ0) is 20.5. The minimum absolute atomic E-state index is 0.0707.